The van der Waals surface area contributed by atoms with Gasteiger partial charge in [-0.05, 0) is 18.6 Å². The third-order valence-electron chi connectivity index (χ3n) is 2.51. The van der Waals surface area contributed by atoms with E-state index < -0.39 is 5.82 Å². The summed E-state index contributed by atoms with van der Waals surface area (Å²) in [5.41, 5.74) is 7.77. The molecule has 0 aliphatic carbocycles. The van der Waals surface area contributed by atoms with E-state index in [1.54, 1.807) is 6.20 Å². The molecule has 0 fully saturated rings. The molecular weight excluding hydrogens is 255 g/mol. The van der Waals surface area contributed by atoms with Crippen LogP contribution < -0.4 is 11.1 Å². The van der Waals surface area contributed by atoms with E-state index in [9.17, 15) is 4.39 Å². The number of rotatable bonds is 4. The van der Waals surface area contributed by atoms with Crippen molar-refractivity contribution in [3.8, 4) is 0 Å². The van der Waals surface area contributed by atoms with E-state index in [4.69, 9.17) is 17.3 Å². The number of nitrogens with zero attached hydrogens (tertiary/aromatic N) is 2. The van der Waals surface area contributed by atoms with Crippen LogP contribution in [-0.4, -0.2) is 16.3 Å². The predicted molar refractivity (Wildman–Crippen MR) is 71.3 cm³/mol. The van der Waals surface area contributed by atoms with Crippen molar-refractivity contribution in [2.75, 3.05) is 17.6 Å². The van der Waals surface area contributed by atoms with Gasteiger partial charge >= 0.3 is 0 Å². The molecule has 0 unspecified atom stereocenters. The Balaban J connectivity index is 1.96. The summed E-state index contributed by atoms with van der Waals surface area (Å²) >= 11 is 5.70. The molecule has 2 rings (SSSR count). The highest BCUT2D eigenvalue weighted by Gasteiger charge is 2.05. The molecule has 0 bridgehead atoms. The molecule has 4 nitrogen and oxygen atoms in total. The molecule has 0 atom stereocenters. The standard InChI is InChI=1S/C12H14ClFN4/c1-8-6-17-18(7-8)3-2-16-12-4-9(13)10(14)5-11(12)15/h4-7,16H,2-3,15H2,1H3. The summed E-state index contributed by atoms with van der Waals surface area (Å²) in [5.74, 6) is -0.512. The van der Waals surface area contributed by atoms with Crippen LogP contribution in [0, 0.1) is 12.7 Å². The Labute approximate surface area is 110 Å². The van der Waals surface area contributed by atoms with Crippen molar-refractivity contribution in [3.05, 3.63) is 40.9 Å². The molecule has 0 saturated carbocycles. The fraction of sp³-hybridized carbons (Fsp3) is 0.250. The lowest BCUT2D eigenvalue weighted by molar-refractivity contribution is 0.628. The lowest BCUT2D eigenvalue weighted by atomic mass is 10.2. The first-order chi connectivity index (χ1) is 8.56. The number of aryl methyl sites for hydroxylation is 1. The van der Waals surface area contributed by atoms with Gasteiger partial charge < -0.3 is 11.1 Å². The van der Waals surface area contributed by atoms with Gasteiger partial charge in [0.1, 0.15) is 5.82 Å². The van der Waals surface area contributed by atoms with Crippen LogP contribution in [0.5, 0.6) is 0 Å². The van der Waals surface area contributed by atoms with Crippen LogP contribution >= 0.6 is 11.6 Å². The van der Waals surface area contributed by atoms with Crippen molar-refractivity contribution in [3.63, 3.8) is 0 Å². The SMILES string of the molecule is Cc1cnn(CCNc2cc(Cl)c(F)cc2N)c1. The van der Waals surface area contributed by atoms with Gasteiger partial charge in [0, 0.05) is 18.8 Å². The summed E-state index contributed by atoms with van der Waals surface area (Å²) < 4.78 is 14.9. The highest BCUT2D eigenvalue weighted by molar-refractivity contribution is 6.31. The quantitative estimate of drug-likeness (QED) is 0.839. The molecule has 0 spiro atoms. The van der Waals surface area contributed by atoms with Gasteiger partial charge in [0.15, 0.2) is 0 Å². The molecule has 1 aromatic carbocycles. The highest BCUT2D eigenvalue weighted by atomic mass is 35.5. The van der Waals surface area contributed by atoms with Crippen molar-refractivity contribution >= 4 is 23.0 Å². The van der Waals surface area contributed by atoms with E-state index in [1.807, 2.05) is 17.8 Å². The van der Waals surface area contributed by atoms with Gasteiger partial charge in [-0.25, -0.2) is 4.39 Å². The van der Waals surface area contributed by atoms with Crippen LogP contribution in [0.3, 0.4) is 0 Å². The molecule has 0 radical (unpaired) electrons. The van der Waals surface area contributed by atoms with Gasteiger partial charge in [-0.3, -0.25) is 4.68 Å². The van der Waals surface area contributed by atoms with Crippen LogP contribution in [0.15, 0.2) is 24.5 Å². The van der Waals surface area contributed by atoms with E-state index in [0.717, 1.165) is 5.56 Å². The number of nitrogen functional groups attached to an aromatic ring is 1. The van der Waals surface area contributed by atoms with Crippen LogP contribution in [0.2, 0.25) is 5.02 Å². The largest absolute Gasteiger partial charge is 0.397 e. The van der Waals surface area contributed by atoms with Crippen molar-refractivity contribution < 1.29 is 4.39 Å². The second-order valence-corrected chi connectivity index (χ2v) is 4.47. The molecular formula is C12H14ClFN4. The normalized spacial score (nSPS) is 10.6. The Bertz CT molecular complexity index is 553. The van der Waals surface area contributed by atoms with E-state index >= 15 is 0 Å². The third-order valence-corrected chi connectivity index (χ3v) is 2.80. The summed E-state index contributed by atoms with van der Waals surface area (Å²) in [5, 5.41) is 7.32. The van der Waals surface area contributed by atoms with Gasteiger partial charge in [0.05, 0.1) is 29.1 Å². The molecule has 1 aromatic heterocycles. The molecule has 0 saturated heterocycles. The summed E-state index contributed by atoms with van der Waals surface area (Å²) in [6.07, 6.45) is 3.74. The summed E-state index contributed by atoms with van der Waals surface area (Å²) in [6, 6.07) is 2.70. The summed E-state index contributed by atoms with van der Waals surface area (Å²) in [6.45, 7) is 3.31. The van der Waals surface area contributed by atoms with Gasteiger partial charge in [0.2, 0.25) is 0 Å². The molecule has 1 heterocycles. The minimum absolute atomic E-state index is 0.0571. The average Bonchev–Trinajstić information content (AvgIpc) is 2.71. The number of nitrogens with two attached hydrogens (primary N) is 1. The number of hydrogen-bond acceptors (Lipinski definition) is 3. The van der Waals surface area contributed by atoms with E-state index in [0.29, 0.717) is 24.5 Å². The zero-order valence-corrected chi connectivity index (χ0v) is 10.7. The lowest BCUT2D eigenvalue weighted by Gasteiger charge is -2.10. The Kier molecular flexibility index (Phi) is 3.72. The first-order valence-corrected chi connectivity index (χ1v) is 5.91. The second-order valence-electron chi connectivity index (χ2n) is 4.06. The number of hydrogen-bond donors (Lipinski definition) is 2. The first kappa shape index (κ1) is 12.7. The molecule has 0 aliphatic heterocycles. The molecule has 18 heavy (non-hydrogen) atoms. The zero-order chi connectivity index (χ0) is 13.1. The van der Waals surface area contributed by atoms with Gasteiger partial charge in [-0.2, -0.15) is 5.10 Å². The van der Waals surface area contributed by atoms with Crippen molar-refractivity contribution in [2.45, 2.75) is 13.5 Å². The number of benzene rings is 1. The molecule has 0 aliphatic rings. The van der Waals surface area contributed by atoms with Crippen molar-refractivity contribution in [1.82, 2.24) is 9.78 Å². The van der Waals surface area contributed by atoms with Crippen molar-refractivity contribution in [2.24, 2.45) is 0 Å². The summed E-state index contributed by atoms with van der Waals surface area (Å²) in [7, 11) is 0. The Morgan fingerprint density at radius 2 is 2.28 bits per heavy atom. The molecule has 3 N–H and O–H groups in total. The maximum Gasteiger partial charge on any atom is 0.143 e. The minimum atomic E-state index is -0.512. The maximum absolute atomic E-state index is 13.1. The average molecular weight is 269 g/mol. The number of anilines is 2. The van der Waals surface area contributed by atoms with Gasteiger partial charge in [-0.15, -0.1) is 0 Å². The molecule has 0 amide bonds. The fourth-order valence-corrected chi connectivity index (χ4v) is 1.77. The van der Waals surface area contributed by atoms with E-state index in [-0.39, 0.29) is 5.02 Å². The third kappa shape index (κ3) is 2.92. The molecule has 2 aromatic rings. The Morgan fingerprint density at radius 3 is 2.94 bits per heavy atom. The topological polar surface area (TPSA) is 55.9 Å². The molecule has 96 valence electrons. The lowest BCUT2D eigenvalue weighted by Crippen LogP contribution is -2.12. The summed E-state index contributed by atoms with van der Waals surface area (Å²) in [4.78, 5) is 0. The Morgan fingerprint density at radius 1 is 1.50 bits per heavy atom. The maximum atomic E-state index is 13.1. The number of halogens is 2. The minimum Gasteiger partial charge on any atom is -0.397 e. The van der Waals surface area contributed by atoms with Gasteiger partial charge in [-0.1, -0.05) is 11.6 Å². The molecule has 6 heteroatoms. The highest BCUT2D eigenvalue weighted by Crippen LogP contribution is 2.25. The fourth-order valence-electron chi connectivity index (χ4n) is 1.61. The monoisotopic (exact) mass is 268 g/mol. The van der Waals surface area contributed by atoms with E-state index in [1.165, 1.54) is 12.1 Å². The number of nitrogens with one attached hydrogen (secondary N) is 1. The van der Waals surface area contributed by atoms with Crippen LogP contribution in [0.25, 0.3) is 0 Å². The van der Waals surface area contributed by atoms with Gasteiger partial charge in [0.25, 0.3) is 0 Å². The number of aromatic nitrogens is 2. The zero-order valence-electron chi connectivity index (χ0n) is 9.95. The van der Waals surface area contributed by atoms with E-state index in [2.05, 4.69) is 10.4 Å². The van der Waals surface area contributed by atoms with Crippen molar-refractivity contribution in [1.29, 1.82) is 0 Å². The first-order valence-electron chi connectivity index (χ1n) is 5.53. The van der Waals surface area contributed by atoms with Crippen LogP contribution in [-0.2, 0) is 6.54 Å². The van der Waals surface area contributed by atoms with Crippen LogP contribution in [0.4, 0.5) is 15.8 Å². The Hall–Kier alpha value is -1.75. The smallest absolute Gasteiger partial charge is 0.143 e. The predicted octanol–water partition coefficient (Wildman–Crippen LogP) is 2.68. The second kappa shape index (κ2) is 5.27. The van der Waals surface area contributed by atoms with Crippen LogP contribution in [0.1, 0.15) is 5.56 Å².